The molecule has 0 unspecified atom stereocenters. The van der Waals surface area contributed by atoms with Gasteiger partial charge in [0.05, 0.1) is 18.0 Å². The minimum Gasteiger partial charge on any atom is -0.481 e. The van der Waals surface area contributed by atoms with Gasteiger partial charge in [-0.1, -0.05) is 56.2 Å². The number of urea groups is 1. The van der Waals surface area contributed by atoms with E-state index < -0.39 is 42.2 Å². The highest BCUT2D eigenvalue weighted by Crippen LogP contribution is 2.31. The molecule has 0 bridgehead atoms. The Morgan fingerprint density at radius 3 is 2.36 bits per heavy atom. The van der Waals surface area contributed by atoms with Crippen molar-refractivity contribution in [2.75, 3.05) is 7.05 Å². The van der Waals surface area contributed by atoms with Gasteiger partial charge in [-0.25, -0.2) is 4.79 Å². The summed E-state index contributed by atoms with van der Waals surface area (Å²) in [7, 11) is 1.63. The Morgan fingerprint density at radius 1 is 1.06 bits per heavy atom. The van der Waals surface area contributed by atoms with E-state index >= 15 is 0 Å². The van der Waals surface area contributed by atoms with E-state index in [9.17, 15) is 32.7 Å². The van der Waals surface area contributed by atoms with Gasteiger partial charge >= 0.3 is 18.2 Å². The number of amides is 3. The number of likely N-dealkylation sites (N-methyl/N-ethyl adjacent to an activating group) is 1. The molecule has 3 amide bonds. The van der Waals surface area contributed by atoms with E-state index in [4.69, 9.17) is 0 Å². The molecule has 0 aliphatic heterocycles. The zero-order chi connectivity index (χ0) is 26.9. The molecule has 2 atom stereocenters. The number of carbonyl (C=O) groups is 3. The topological polar surface area (TPSA) is 98.7 Å². The second kappa shape index (κ2) is 12.9. The molecule has 7 nitrogen and oxygen atoms in total. The summed E-state index contributed by atoms with van der Waals surface area (Å²) in [5, 5.41) is 14.3. The molecule has 196 valence electrons. The number of hydrogen-bond donors (Lipinski definition) is 3. The van der Waals surface area contributed by atoms with E-state index in [1.165, 1.54) is 11.0 Å². The molecule has 0 saturated heterocycles. The summed E-state index contributed by atoms with van der Waals surface area (Å²) in [6.07, 6.45) is -3.46. The van der Waals surface area contributed by atoms with Crippen molar-refractivity contribution in [3.63, 3.8) is 0 Å². The Balaban J connectivity index is 2.17. The summed E-state index contributed by atoms with van der Waals surface area (Å²) in [6.45, 7) is 4.21. The van der Waals surface area contributed by atoms with Crippen molar-refractivity contribution in [1.82, 2.24) is 15.5 Å². The fourth-order valence-corrected chi connectivity index (χ4v) is 3.77. The summed E-state index contributed by atoms with van der Waals surface area (Å²) < 4.78 is 39.4. The lowest BCUT2D eigenvalue weighted by Crippen LogP contribution is -2.51. The van der Waals surface area contributed by atoms with E-state index in [2.05, 4.69) is 10.6 Å². The maximum absolute atomic E-state index is 13.2. The van der Waals surface area contributed by atoms with Crippen LogP contribution < -0.4 is 10.6 Å². The van der Waals surface area contributed by atoms with Crippen molar-refractivity contribution in [1.29, 1.82) is 0 Å². The number of carboxylic acids is 1. The number of carboxylic acid groups (broad SMARTS) is 1. The Hall–Kier alpha value is -3.56. The fraction of sp³-hybridized carbons (Fsp3) is 0.423. The molecule has 3 N–H and O–H groups in total. The highest BCUT2D eigenvalue weighted by Gasteiger charge is 2.32. The summed E-state index contributed by atoms with van der Waals surface area (Å²) in [4.78, 5) is 38.8. The van der Waals surface area contributed by atoms with Crippen LogP contribution in [0, 0.1) is 6.92 Å². The first-order chi connectivity index (χ1) is 16.9. The van der Waals surface area contributed by atoms with E-state index in [0.29, 0.717) is 19.4 Å². The third-order valence-electron chi connectivity index (χ3n) is 5.80. The molecule has 2 aromatic carbocycles. The first kappa shape index (κ1) is 28.7. The molecule has 2 rings (SSSR count). The van der Waals surface area contributed by atoms with Gasteiger partial charge in [0, 0.05) is 13.6 Å². The van der Waals surface area contributed by atoms with Crippen LogP contribution >= 0.6 is 0 Å². The van der Waals surface area contributed by atoms with Crippen molar-refractivity contribution in [3.05, 3.63) is 70.8 Å². The summed E-state index contributed by atoms with van der Waals surface area (Å²) in [5.74, 6) is -1.62. The third kappa shape index (κ3) is 8.58. The van der Waals surface area contributed by atoms with Gasteiger partial charge < -0.3 is 20.6 Å². The number of hydrogen-bond acceptors (Lipinski definition) is 3. The van der Waals surface area contributed by atoms with Gasteiger partial charge in [0.1, 0.15) is 6.04 Å². The van der Waals surface area contributed by atoms with Crippen molar-refractivity contribution in [2.45, 2.75) is 64.3 Å². The van der Waals surface area contributed by atoms with Gasteiger partial charge in [-0.3, -0.25) is 9.59 Å². The van der Waals surface area contributed by atoms with Crippen LogP contribution in [0.4, 0.5) is 18.0 Å². The number of benzene rings is 2. The summed E-state index contributed by atoms with van der Waals surface area (Å²) in [6, 6.07) is 8.82. The first-order valence-electron chi connectivity index (χ1n) is 11.7. The van der Waals surface area contributed by atoms with Gasteiger partial charge in [0.25, 0.3) is 0 Å². The molecule has 0 heterocycles. The number of aliphatic carboxylic acids is 1. The second-order valence-corrected chi connectivity index (χ2v) is 8.71. The molecule has 0 saturated carbocycles. The van der Waals surface area contributed by atoms with Gasteiger partial charge in [-0.05, 0) is 42.2 Å². The molecular weight excluding hydrogens is 475 g/mol. The molecule has 0 radical (unpaired) electrons. The molecule has 36 heavy (non-hydrogen) atoms. The van der Waals surface area contributed by atoms with Crippen molar-refractivity contribution < 1.29 is 32.7 Å². The molecule has 0 fully saturated rings. The monoisotopic (exact) mass is 507 g/mol. The van der Waals surface area contributed by atoms with Crippen LogP contribution in [0.25, 0.3) is 0 Å². The predicted octanol–water partition coefficient (Wildman–Crippen LogP) is 5.05. The van der Waals surface area contributed by atoms with E-state index in [0.717, 1.165) is 35.7 Å². The smallest absolute Gasteiger partial charge is 0.416 e. The van der Waals surface area contributed by atoms with Crippen LogP contribution in [0.3, 0.4) is 0 Å². The quantitative estimate of drug-likeness (QED) is 0.397. The number of carbonyl (C=O) groups excluding carboxylic acids is 2. The molecule has 0 spiro atoms. The zero-order valence-electron chi connectivity index (χ0n) is 20.6. The fourth-order valence-electron chi connectivity index (χ4n) is 3.77. The second-order valence-electron chi connectivity index (χ2n) is 8.71. The van der Waals surface area contributed by atoms with E-state index in [1.807, 2.05) is 38.1 Å². The number of halogens is 3. The number of nitrogens with one attached hydrogen (secondary N) is 2. The number of rotatable bonds is 11. The highest BCUT2D eigenvalue weighted by atomic mass is 19.4. The third-order valence-corrected chi connectivity index (χ3v) is 5.80. The normalized spacial score (nSPS) is 12.9. The Morgan fingerprint density at radius 2 is 1.75 bits per heavy atom. The summed E-state index contributed by atoms with van der Waals surface area (Å²) in [5.41, 5.74) is 1.02. The number of nitrogens with zero attached hydrogens (tertiary/aromatic N) is 1. The molecular formula is C26H32F3N3O4. The van der Waals surface area contributed by atoms with Crippen LogP contribution in [-0.4, -0.2) is 41.0 Å². The first-order valence-corrected chi connectivity index (χ1v) is 11.7. The lowest BCUT2D eigenvalue weighted by atomic mass is 10.0. The largest absolute Gasteiger partial charge is 0.481 e. The van der Waals surface area contributed by atoms with Gasteiger partial charge in [0.15, 0.2) is 0 Å². The molecule has 2 aromatic rings. The highest BCUT2D eigenvalue weighted by molar-refractivity contribution is 5.87. The molecule has 0 aromatic heterocycles. The van der Waals surface area contributed by atoms with Crippen molar-refractivity contribution >= 4 is 17.9 Å². The van der Waals surface area contributed by atoms with Gasteiger partial charge in [-0.15, -0.1) is 0 Å². The maximum atomic E-state index is 13.2. The van der Waals surface area contributed by atoms with Crippen LogP contribution in [0.2, 0.25) is 0 Å². The number of unbranched alkanes of at least 4 members (excludes halogenated alkanes) is 1. The summed E-state index contributed by atoms with van der Waals surface area (Å²) >= 11 is 0. The molecule has 0 aliphatic rings. The van der Waals surface area contributed by atoms with Crippen LogP contribution in [0.5, 0.6) is 0 Å². The average molecular weight is 508 g/mol. The number of alkyl halides is 3. The van der Waals surface area contributed by atoms with Gasteiger partial charge in [0.2, 0.25) is 5.91 Å². The van der Waals surface area contributed by atoms with Crippen molar-refractivity contribution in [3.8, 4) is 0 Å². The molecule has 10 heteroatoms. The maximum Gasteiger partial charge on any atom is 0.416 e. The minimum atomic E-state index is -4.62. The Kier molecular flexibility index (Phi) is 10.3. The minimum absolute atomic E-state index is 0.00418. The van der Waals surface area contributed by atoms with Gasteiger partial charge in [-0.2, -0.15) is 13.2 Å². The van der Waals surface area contributed by atoms with E-state index in [-0.39, 0.29) is 11.5 Å². The van der Waals surface area contributed by atoms with Crippen LogP contribution in [-0.2, 0) is 22.3 Å². The van der Waals surface area contributed by atoms with Crippen LogP contribution in [0.15, 0.2) is 48.5 Å². The standard InChI is InChI=1S/C26H32F3N3O4/c1-4-5-13-21(24(35)32(3)16-19-10-7-6-9-17(19)2)30-25(36)31-22(15-23(33)34)18-11-8-12-20(14-18)26(27,28)29/h6-12,14,21-22H,4-5,13,15-16H2,1-3H3,(H,33,34)(H2,30,31,36)/t21-,22-/m0/s1. The average Bonchev–Trinajstić information content (AvgIpc) is 2.81. The Bertz CT molecular complexity index is 1060. The lowest BCUT2D eigenvalue weighted by Gasteiger charge is -2.26. The zero-order valence-corrected chi connectivity index (χ0v) is 20.6. The lowest BCUT2D eigenvalue weighted by molar-refractivity contribution is -0.138. The predicted molar refractivity (Wildman–Crippen MR) is 129 cm³/mol. The number of aryl methyl sites for hydroxylation is 1. The Labute approximate surface area is 208 Å². The van der Waals surface area contributed by atoms with Crippen molar-refractivity contribution in [2.24, 2.45) is 0 Å². The van der Waals surface area contributed by atoms with Crippen LogP contribution in [0.1, 0.15) is 60.9 Å². The molecule has 0 aliphatic carbocycles. The SMILES string of the molecule is CCCC[C@H](NC(=O)N[C@@H](CC(=O)O)c1cccc(C(F)(F)F)c1)C(=O)N(C)Cc1ccccc1C. The van der Waals surface area contributed by atoms with E-state index in [1.54, 1.807) is 7.05 Å².